The van der Waals surface area contributed by atoms with Gasteiger partial charge in [0.2, 0.25) is 0 Å². The minimum atomic E-state index is -0.0971. The van der Waals surface area contributed by atoms with Crippen LogP contribution in [-0.2, 0) is 0 Å². The first-order valence-corrected chi connectivity index (χ1v) is 11.4. The molecule has 140 valence electrons. The highest BCUT2D eigenvalue weighted by atomic mass is 16.3. The maximum Gasteiger partial charge on any atom is 0.0577 e. The van der Waals surface area contributed by atoms with Crippen molar-refractivity contribution < 1.29 is 5.11 Å². The van der Waals surface area contributed by atoms with E-state index >= 15 is 0 Å². The second-order valence-electron chi connectivity index (χ2n) is 9.46. The van der Waals surface area contributed by atoms with Crippen molar-refractivity contribution >= 4 is 0 Å². The Balaban J connectivity index is 1.24. The Hall–Kier alpha value is -0.560. The van der Waals surface area contributed by atoms with Crippen molar-refractivity contribution in [2.24, 2.45) is 23.7 Å². The summed E-state index contributed by atoms with van der Waals surface area (Å²) in [4.78, 5) is 0. The fourth-order valence-corrected chi connectivity index (χ4v) is 6.65. The van der Waals surface area contributed by atoms with Crippen LogP contribution >= 0.6 is 0 Å². The van der Waals surface area contributed by atoms with E-state index < -0.39 is 0 Å². The average molecular weight is 343 g/mol. The molecule has 0 radical (unpaired) electrons. The maximum atomic E-state index is 10.6. The van der Waals surface area contributed by atoms with Crippen molar-refractivity contribution in [2.75, 3.05) is 0 Å². The molecular formula is C24H38O. The van der Waals surface area contributed by atoms with Crippen molar-refractivity contribution in [3.8, 4) is 0 Å². The molecule has 0 aromatic carbocycles. The molecule has 4 aliphatic carbocycles. The van der Waals surface area contributed by atoms with Gasteiger partial charge < -0.3 is 5.11 Å². The SMILES string of the molecule is OC(CCCC1CCC2CCCCC21)CC1=C2C=CCCC2CCC1. The zero-order valence-corrected chi connectivity index (χ0v) is 16.1. The Kier molecular flexibility index (Phi) is 6.01. The summed E-state index contributed by atoms with van der Waals surface area (Å²) in [7, 11) is 0. The molecule has 1 N–H and O–H groups in total. The molecule has 0 amide bonds. The van der Waals surface area contributed by atoms with Gasteiger partial charge in [0.1, 0.15) is 0 Å². The summed E-state index contributed by atoms with van der Waals surface area (Å²) in [5.41, 5.74) is 3.20. The third kappa shape index (κ3) is 4.24. The summed E-state index contributed by atoms with van der Waals surface area (Å²) in [6, 6.07) is 0. The molecule has 0 aromatic heterocycles. The number of rotatable bonds is 6. The first kappa shape index (κ1) is 17.8. The van der Waals surface area contributed by atoms with Crippen LogP contribution in [0.4, 0.5) is 0 Å². The standard InChI is InChI=1S/C24H38O/c25-22(17-21-11-5-9-18-7-1-4-14-24(18)21)12-6-10-20-16-15-19-8-2-3-13-23(19)20/h4,14,18-20,22-23,25H,1-3,5-13,15-17H2. The van der Waals surface area contributed by atoms with Gasteiger partial charge in [0, 0.05) is 0 Å². The predicted molar refractivity (Wildman–Crippen MR) is 105 cm³/mol. The Labute approximate surface area is 155 Å². The molecule has 2 saturated carbocycles. The molecular weight excluding hydrogens is 304 g/mol. The first-order valence-electron chi connectivity index (χ1n) is 11.4. The number of fused-ring (bicyclic) bond motifs is 2. The van der Waals surface area contributed by atoms with Gasteiger partial charge >= 0.3 is 0 Å². The topological polar surface area (TPSA) is 20.2 Å². The van der Waals surface area contributed by atoms with Crippen LogP contribution in [0.25, 0.3) is 0 Å². The van der Waals surface area contributed by atoms with Crippen molar-refractivity contribution in [3.05, 3.63) is 23.3 Å². The Morgan fingerprint density at radius 3 is 2.88 bits per heavy atom. The largest absolute Gasteiger partial charge is 0.393 e. The van der Waals surface area contributed by atoms with E-state index in [1.165, 1.54) is 83.5 Å². The summed E-state index contributed by atoms with van der Waals surface area (Å²) in [6.45, 7) is 0. The Bertz CT molecular complexity index is 502. The van der Waals surface area contributed by atoms with Gasteiger partial charge in [0.05, 0.1) is 6.10 Å². The lowest BCUT2D eigenvalue weighted by Crippen LogP contribution is -2.20. The molecule has 0 aliphatic heterocycles. The van der Waals surface area contributed by atoms with Crippen LogP contribution in [0, 0.1) is 23.7 Å². The maximum absolute atomic E-state index is 10.6. The van der Waals surface area contributed by atoms with Crippen LogP contribution in [0.15, 0.2) is 23.3 Å². The summed E-state index contributed by atoms with van der Waals surface area (Å²) in [6.07, 6.45) is 24.8. The van der Waals surface area contributed by atoms with Gasteiger partial charge in [-0.3, -0.25) is 0 Å². The lowest BCUT2D eigenvalue weighted by molar-refractivity contribution is 0.151. The van der Waals surface area contributed by atoms with Crippen LogP contribution in [-0.4, -0.2) is 11.2 Å². The van der Waals surface area contributed by atoms with E-state index in [9.17, 15) is 5.11 Å². The third-order valence-corrected chi connectivity index (χ3v) is 7.93. The second-order valence-corrected chi connectivity index (χ2v) is 9.46. The lowest BCUT2D eigenvalue weighted by Gasteiger charge is -2.31. The van der Waals surface area contributed by atoms with E-state index in [4.69, 9.17) is 0 Å². The fraction of sp³-hybridized carbons (Fsp3) is 0.833. The Morgan fingerprint density at radius 2 is 1.92 bits per heavy atom. The molecule has 1 heteroatoms. The summed E-state index contributed by atoms with van der Waals surface area (Å²) >= 11 is 0. The molecule has 5 unspecified atom stereocenters. The number of aliphatic hydroxyl groups is 1. The summed E-state index contributed by atoms with van der Waals surface area (Å²) < 4.78 is 0. The average Bonchev–Trinajstić information content (AvgIpc) is 3.05. The molecule has 0 heterocycles. The molecule has 5 atom stereocenters. The molecule has 0 aromatic rings. The molecule has 4 aliphatic rings. The van der Waals surface area contributed by atoms with E-state index in [-0.39, 0.29) is 6.10 Å². The number of hydrogen-bond donors (Lipinski definition) is 1. The predicted octanol–water partition coefficient (Wildman–Crippen LogP) is 6.57. The van der Waals surface area contributed by atoms with Gasteiger partial charge in [-0.15, -0.1) is 0 Å². The van der Waals surface area contributed by atoms with Crippen LogP contribution in [0.1, 0.15) is 96.3 Å². The molecule has 1 nitrogen and oxygen atoms in total. The van der Waals surface area contributed by atoms with Gasteiger partial charge in [-0.2, -0.15) is 0 Å². The van der Waals surface area contributed by atoms with Gasteiger partial charge in [0.15, 0.2) is 0 Å². The number of allylic oxidation sites excluding steroid dienone is 3. The highest BCUT2D eigenvalue weighted by Gasteiger charge is 2.36. The van der Waals surface area contributed by atoms with Gasteiger partial charge in [-0.1, -0.05) is 49.8 Å². The monoisotopic (exact) mass is 342 g/mol. The minimum Gasteiger partial charge on any atom is -0.393 e. The molecule has 4 rings (SSSR count). The van der Waals surface area contributed by atoms with Crippen molar-refractivity contribution in [1.29, 1.82) is 0 Å². The second kappa shape index (κ2) is 8.42. The van der Waals surface area contributed by atoms with Crippen LogP contribution in [0.5, 0.6) is 0 Å². The highest BCUT2D eigenvalue weighted by Crippen LogP contribution is 2.47. The highest BCUT2D eigenvalue weighted by molar-refractivity contribution is 5.32. The molecule has 25 heavy (non-hydrogen) atoms. The lowest BCUT2D eigenvalue weighted by atomic mass is 9.75. The van der Waals surface area contributed by atoms with E-state index in [0.29, 0.717) is 0 Å². The third-order valence-electron chi connectivity index (χ3n) is 7.93. The zero-order valence-electron chi connectivity index (χ0n) is 16.1. The van der Waals surface area contributed by atoms with Crippen molar-refractivity contribution in [2.45, 2.75) is 102 Å². The number of hydrogen-bond acceptors (Lipinski definition) is 1. The Morgan fingerprint density at radius 1 is 1.00 bits per heavy atom. The van der Waals surface area contributed by atoms with E-state index in [1.54, 1.807) is 11.1 Å². The van der Waals surface area contributed by atoms with E-state index in [2.05, 4.69) is 12.2 Å². The molecule has 0 spiro atoms. The van der Waals surface area contributed by atoms with Gasteiger partial charge in [-0.05, 0) is 93.5 Å². The first-order chi connectivity index (χ1) is 12.3. The van der Waals surface area contributed by atoms with Crippen molar-refractivity contribution in [1.82, 2.24) is 0 Å². The van der Waals surface area contributed by atoms with Crippen LogP contribution in [0.3, 0.4) is 0 Å². The van der Waals surface area contributed by atoms with Crippen LogP contribution in [0.2, 0.25) is 0 Å². The van der Waals surface area contributed by atoms with E-state index in [1.807, 2.05) is 0 Å². The fourth-order valence-electron chi connectivity index (χ4n) is 6.65. The minimum absolute atomic E-state index is 0.0971. The van der Waals surface area contributed by atoms with Crippen molar-refractivity contribution in [3.63, 3.8) is 0 Å². The zero-order chi connectivity index (χ0) is 17.1. The van der Waals surface area contributed by atoms with E-state index in [0.717, 1.165) is 36.5 Å². The quantitative estimate of drug-likeness (QED) is 0.578. The number of aliphatic hydroxyl groups excluding tert-OH is 1. The molecule has 0 saturated heterocycles. The van der Waals surface area contributed by atoms with Gasteiger partial charge in [0.25, 0.3) is 0 Å². The van der Waals surface area contributed by atoms with Gasteiger partial charge in [-0.25, -0.2) is 0 Å². The normalized spacial score (nSPS) is 36.2. The molecule has 0 bridgehead atoms. The smallest absolute Gasteiger partial charge is 0.0577 e. The van der Waals surface area contributed by atoms with Crippen LogP contribution < -0.4 is 0 Å². The summed E-state index contributed by atoms with van der Waals surface area (Å²) in [5, 5.41) is 10.6. The molecule has 2 fully saturated rings. The summed E-state index contributed by atoms with van der Waals surface area (Å²) in [5.74, 6) is 3.90.